The molecule has 186 valence electrons. The summed E-state index contributed by atoms with van der Waals surface area (Å²) in [5.74, 6) is 0.459. The van der Waals surface area contributed by atoms with Crippen LogP contribution in [-0.2, 0) is 13.1 Å². The quantitative estimate of drug-likeness (QED) is 0.318. The molecular weight excluding hydrogens is 486 g/mol. The highest BCUT2D eigenvalue weighted by Crippen LogP contribution is 2.29. The van der Waals surface area contributed by atoms with Gasteiger partial charge in [-0.2, -0.15) is 10.2 Å². The molecule has 0 atom stereocenters. The molecule has 3 N–H and O–H groups in total. The highest BCUT2D eigenvalue weighted by Gasteiger charge is 2.17. The number of hydrogen-bond donors (Lipinski definition) is 3. The predicted octanol–water partition coefficient (Wildman–Crippen LogP) is 4.60. The first-order valence-electron chi connectivity index (χ1n) is 12.0. The van der Waals surface area contributed by atoms with Crippen molar-refractivity contribution in [2.24, 2.45) is 0 Å². The zero-order valence-corrected chi connectivity index (χ0v) is 21.2. The van der Waals surface area contributed by atoms with Crippen LogP contribution in [0.1, 0.15) is 20.9 Å². The Kier molecular flexibility index (Phi) is 5.82. The Labute approximate surface area is 216 Å². The molecule has 1 aliphatic heterocycles. The second kappa shape index (κ2) is 9.30. The van der Waals surface area contributed by atoms with Gasteiger partial charge in [0.05, 0.1) is 22.8 Å². The van der Waals surface area contributed by atoms with Gasteiger partial charge in [-0.25, -0.2) is 5.10 Å². The van der Waals surface area contributed by atoms with Crippen molar-refractivity contribution in [3.05, 3.63) is 87.2 Å². The number of rotatable bonds is 5. The summed E-state index contributed by atoms with van der Waals surface area (Å²) in [6, 6.07) is 19.2. The van der Waals surface area contributed by atoms with Crippen LogP contribution in [0.3, 0.4) is 0 Å². The summed E-state index contributed by atoms with van der Waals surface area (Å²) in [5.41, 5.74) is 4.07. The predicted molar refractivity (Wildman–Crippen MR) is 147 cm³/mol. The molecule has 37 heavy (non-hydrogen) atoms. The maximum absolute atomic E-state index is 13.0. The van der Waals surface area contributed by atoms with Crippen LogP contribution in [0.5, 0.6) is 0 Å². The van der Waals surface area contributed by atoms with Gasteiger partial charge < -0.3 is 10.6 Å². The fraction of sp³-hybridized carbons (Fsp3) is 0.185. The molecule has 1 aliphatic rings. The zero-order valence-electron chi connectivity index (χ0n) is 20.4. The monoisotopic (exact) mass is 511 g/mol. The van der Waals surface area contributed by atoms with Crippen LogP contribution in [-0.4, -0.2) is 44.4 Å². The number of benzene rings is 2. The molecule has 2 aromatic carbocycles. The van der Waals surface area contributed by atoms with Gasteiger partial charge in [0.1, 0.15) is 5.69 Å². The van der Waals surface area contributed by atoms with Crippen molar-refractivity contribution in [1.29, 1.82) is 0 Å². The molecule has 0 spiro atoms. The lowest BCUT2D eigenvalue weighted by Crippen LogP contribution is -2.30. The smallest absolute Gasteiger partial charge is 0.287 e. The molecule has 1 amide bonds. The molecule has 6 rings (SSSR count). The van der Waals surface area contributed by atoms with Gasteiger partial charge in [-0.1, -0.05) is 30.3 Å². The van der Waals surface area contributed by atoms with Gasteiger partial charge in [0.15, 0.2) is 5.82 Å². The number of aromatic nitrogens is 4. The van der Waals surface area contributed by atoms with Crippen LogP contribution in [0.25, 0.3) is 21.3 Å². The summed E-state index contributed by atoms with van der Waals surface area (Å²) < 4.78 is 3.03. The van der Waals surface area contributed by atoms with E-state index in [1.807, 2.05) is 66.2 Å². The number of amides is 1. The number of H-pyrrole nitrogens is 1. The van der Waals surface area contributed by atoms with Gasteiger partial charge in [-0.05, 0) is 49.2 Å². The third-order valence-corrected chi connectivity index (χ3v) is 7.60. The number of aryl methyl sites for hydroxylation is 1. The molecular formula is C27H25N7O2S. The maximum Gasteiger partial charge on any atom is 0.287 e. The first-order valence-corrected chi connectivity index (χ1v) is 12.8. The van der Waals surface area contributed by atoms with Crippen molar-refractivity contribution in [3.8, 4) is 11.3 Å². The largest absolute Gasteiger partial charge is 0.334 e. The molecule has 0 saturated heterocycles. The topological polar surface area (TPSA) is 108 Å². The van der Waals surface area contributed by atoms with E-state index >= 15 is 0 Å². The lowest BCUT2D eigenvalue weighted by Gasteiger charge is -2.22. The van der Waals surface area contributed by atoms with Crippen LogP contribution in [0, 0.1) is 6.92 Å². The number of hydrogen-bond acceptors (Lipinski definition) is 7. The van der Waals surface area contributed by atoms with Crippen molar-refractivity contribution in [2.75, 3.05) is 24.2 Å². The Morgan fingerprint density at radius 1 is 1.05 bits per heavy atom. The number of fused-ring (bicyclic) bond motifs is 2. The SMILES string of the molecule is Cc1ccc(-c2cc(Nc3cc4n(n3)CCN(C)C4)c(=O)[nH]n2)cc1NC(=O)c1cc2ccccc2s1. The van der Waals surface area contributed by atoms with E-state index in [1.165, 1.54) is 11.3 Å². The highest BCUT2D eigenvalue weighted by atomic mass is 32.1. The highest BCUT2D eigenvalue weighted by molar-refractivity contribution is 7.20. The summed E-state index contributed by atoms with van der Waals surface area (Å²) in [6.45, 7) is 4.50. The van der Waals surface area contributed by atoms with Crippen LogP contribution < -0.4 is 16.2 Å². The second-order valence-corrected chi connectivity index (χ2v) is 10.3. The number of nitrogens with one attached hydrogen (secondary N) is 3. The standard InChI is InChI=1S/C27H25N7O2S/c1-16-7-8-17(11-20(16)29-27(36)24-12-18-5-3-4-6-23(18)37-24)21-14-22(26(35)31-30-21)28-25-13-19-15-33(2)9-10-34(19)32-25/h3-8,11-14H,9-10,15H2,1-2H3,(H,29,36)(H,31,35)(H,28,30,32). The van der Waals surface area contributed by atoms with Crippen molar-refractivity contribution >= 4 is 44.5 Å². The second-order valence-electron chi connectivity index (χ2n) is 9.24. The summed E-state index contributed by atoms with van der Waals surface area (Å²) in [6.07, 6.45) is 0. The van der Waals surface area contributed by atoms with E-state index in [1.54, 1.807) is 6.07 Å². The third kappa shape index (κ3) is 4.64. The van der Waals surface area contributed by atoms with Crippen LogP contribution in [0.4, 0.5) is 17.2 Å². The maximum atomic E-state index is 13.0. The summed E-state index contributed by atoms with van der Waals surface area (Å²) in [4.78, 5) is 28.4. The number of nitrogens with zero attached hydrogens (tertiary/aromatic N) is 4. The molecule has 0 unspecified atom stereocenters. The van der Waals surface area contributed by atoms with Crippen molar-refractivity contribution < 1.29 is 4.79 Å². The van der Waals surface area contributed by atoms with E-state index in [0.29, 0.717) is 27.8 Å². The number of carbonyl (C=O) groups excluding carboxylic acids is 1. The fourth-order valence-corrected chi connectivity index (χ4v) is 5.39. The molecule has 3 aromatic heterocycles. The van der Waals surface area contributed by atoms with E-state index in [0.717, 1.165) is 46.5 Å². The first-order chi connectivity index (χ1) is 17.9. The summed E-state index contributed by atoms with van der Waals surface area (Å²) >= 11 is 1.46. The van der Waals surface area contributed by atoms with Crippen molar-refractivity contribution in [2.45, 2.75) is 20.0 Å². The Hall–Kier alpha value is -4.28. The molecule has 0 saturated carbocycles. The van der Waals surface area contributed by atoms with E-state index in [-0.39, 0.29) is 11.5 Å². The molecule has 5 aromatic rings. The average Bonchev–Trinajstić information content (AvgIpc) is 3.50. The lowest BCUT2D eigenvalue weighted by atomic mass is 10.1. The number of aromatic amines is 1. The van der Waals surface area contributed by atoms with Gasteiger partial charge in [-0.15, -0.1) is 11.3 Å². The molecule has 0 aliphatic carbocycles. The van der Waals surface area contributed by atoms with Crippen LogP contribution in [0.15, 0.2) is 65.5 Å². The molecule has 0 bridgehead atoms. The number of carbonyl (C=O) groups is 1. The van der Waals surface area contributed by atoms with Gasteiger partial charge >= 0.3 is 0 Å². The number of thiophene rings is 1. The molecule has 0 fully saturated rings. The normalized spacial score (nSPS) is 13.5. The average molecular weight is 512 g/mol. The Morgan fingerprint density at radius 2 is 1.92 bits per heavy atom. The summed E-state index contributed by atoms with van der Waals surface area (Å²) in [5, 5.41) is 18.6. The van der Waals surface area contributed by atoms with Gasteiger partial charge in [0, 0.05) is 35.1 Å². The summed E-state index contributed by atoms with van der Waals surface area (Å²) in [7, 11) is 2.07. The van der Waals surface area contributed by atoms with Gasteiger partial charge in [0.25, 0.3) is 11.5 Å². The van der Waals surface area contributed by atoms with Crippen LogP contribution >= 0.6 is 11.3 Å². The molecule has 9 nitrogen and oxygen atoms in total. The Bertz CT molecular complexity index is 1670. The molecule has 4 heterocycles. The van der Waals surface area contributed by atoms with Gasteiger partial charge in [0.2, 0.25) is 0 Å². The number of anilines is 3. The minimum atomic E-state index is -0.336. The molecule has 10 heteroatoms. The van der Waals surface area contributed by atoms with Crippen LogP contribution in [0.2, 0.25) is 0 Å². The Morgan fingerprint density at radius 3 is 2.78 bits per heavy atom. The third-order valence-electron chi connectivity index (χ3n) is 6.49. The van der Waals surface area contributed by atoms with Gasteiger partial charge in [-0.3, -0.25) is 19.2 Å². The van der Waals surface area contributed by atoms with Crippen molar-refractivity contribution in [3.63, 3.8) is 0 Å². The fourth-order valence-electron chi connectivity index (χ4n) is 4.44. The minimum absolute atomic E-state index is 0.160. The lowest BCUT2D eigenvalue weighted by molar-refractivity contribution is 0.103. The Balaban J connectivity index is 1.25. The van der Waals surface area contributed by atoms with E-state index in [4.69, 9.17) is 0 Å². The molecule has 0 radical (unpaired) electrons. The van der Waals surface area contributed by atoms with E-state index in [9.17, 15) is 9.59 Å². The first kappa shape index (κ1) is 23.1. The number of likely N-dealkylation sites (N-methyl/N-ethyl adjacent to an activating group) is 1. The zero-order chi connectivity index (χ0) is 25.5. The van der Waals surface area contributed by atoms with Crippen molar-refractivity contribution in [1.82, 2.24) is 24.9 Å². The minimum Gasteiger partial charge on any atom is -0.334 e. The van der Waals surface area contributed by atoms with E-state index < -0.39 is 0 Å². The van der Waals surface area contributed by atoms with E-state index in [2.05, 4.69) is 37.9 Å².